The Balaban J connectivity index is 3.17. The summed E-state index contributed by atoms with van der Waals surface area (Å²) in [5.74, 6) is 0.207. The lowest BCUT2D eigenvalue weighted by Gasteiger charge is -2.13. The molecular weight excluding hydrogens is 162 g/mol. The van der Waals surface area contributed by atoms with Crippen LogP contribution in [0.3, 0.4) is 0 Å². The highest BCUT2D eigenvalue weighted by Gasteiger charge is 2.03. The number of nitrogens with two attached hydrogens (primary N) is 1. The van der Waals surface area contributed by atoms with Crippen LogP contribution in [0.2, 0.25) is 0 Å². The molecule has 0 fully saturated rings. The maximum Gasteiger partial charge on any atom is 0.125 e. The number of hydrogen-bond donors (Lipinski definition) is 1. The van der Waals surface area contributed by atoms with Crippen molar-refractivity contribution >= 4 is 0 Å². The minimum absolute atomic E-state index is 0.207. The van der Waals surface area contributed by atoms with Gasteiger partial charge in [0.15, 0.2) is 0 Å². The third-order valence-electron chi connectivity index (χ3n) is 1.67. The van der Waals surface area contributed by atoms with E-state index in [-0.39, 0.29) is 5.75 Å². The Morgan fingerprint density at radius 2 is 2.23 bits per heavy atom. The van der Waals surface area contributed by atoms with Crippen LogP contribution in [0.15, 0.2) is 18.2 Å². The van der Waals surface area contributed by atoms with Gasteiger partial charge in [0.25, 0.3) is 0 Å². The molecule has 0 radical (unpaired) electrons. The minimum Gasteiger partial charge on any atom is -0.491 e. The third-order valence-corrected chi connectivity index (χ3v) is 1.67. The number of benzene rings is 1. The molecule has 2 nitrogen and oxygen atoms in total. The standard InChI is InChI=1S/C11H17NO/c1-8-5-4-6-9(2)11(8)13-7-10(3)12/h4-6,10H,7,12H2,1-3H3/i3D3,7D2,10D. The molecule has 0 saturated carbocycles. The second kappa shape index (κ2) is 4.28. The van der Waals surface area contributed by atoms with E-state index in [2.05, 4.69) is 0 Å². The van der Waals surface area contributed by atoms with Crippen LogP contribution >= 0.6 is 0 Å². The number of para-hydroxylation sites is 1. The van der Waals surface area contributed by atoms with E-state index in [1.54, 1.807) is 32.0 Å². The largest absolute Gasteiger partial charge is 0.491 e. The van der Waals surface area contributed by atoms with E-state index in [4.69, 9.17) is 18.7 Å². The van der Waals surface area contributed by atoms with Crippen molar-refractivity contribution in [2.24, 2.45) is 5.73 Å². The van der Waals surface area contributed by atoms with Gasteiger partial charge in [0.2, 0.25) is 0 Å². The molecule has 0 aliphatic rings. The van der Waals surface area contributed by atoms with E-state index in [1.165, 1.54) is 0 Å². The van der Waals surface area contributed by atoms with Gasteiger partial charge in [0, 0.05) is 11.5 Å². The Morgan fingerprint density at radius 1 is 1.62 bits per heavy atom. The number of aryl methyl sites for hydroxylation is 2. The molecule has 0 bridgehead atoms. The summed E-state index contributed by atoms with van der Waals surface area (Å²) in [6.07, 6.45) is 0. The van der Waals surface area contributed by atoms with Gasteiger partial charge in [-0.05, 0) is 31.8 Å². The fraction of sp³-hybridized carbons (Fsp3) is 0.455. The van der Waals surface area contributed by atoms with Gasteiger partial charge in [-0.2, -0.15) is 0 Å². The summed E-state index contributed by atoms with van der Waals surface area (Å²) in [5.41, 5.74) is 6.61. The Kier molecular flexibility index (Phi) is 1.47. The monoisotopic (exact) mass is 185 g/mol. The van der Waals surface area contributed by atoms with Gasteiger partial charge in [-0.15, -0.1) is 0 Å². The van der Waals surface area contributed by atoms with Crippen molar-refractivity contribution in [2.45, 2.75) is 26.7 Å². The number of hydrogen-bond acceptors (Lipinski definition) is 2. The molecule has 13 heavy (non-hydrogen) atoms. The van der Waals surface area contributed by atoms with Gasteiger partial charge in [0.05, 0.1) is 2.74 Å². The van der Waals surface area contributed by atoms with Crippen LogP contribution in [0.4, 0.5) is 0 Å². The van der Waals surface area contributed by atoms with E-state index in [1.807, 2.05) is 0 Å². The molecule has 0 aliphatic heterocycles. The van der Waals surface area contributed by atoms with Gasteiger partial charge < -0.3 is 10.5 Å². The Labute approximate surface area is 88.1 Å². The van der Waals surface area contributed by atoms with Crippen molar-refractivity contribution in [2.75, 3.05) is 6.56 Å². The van der Waals surface area contributed by atoms with Crippen molar-refractivity contribution in [3.63, 3.8) is 0 Å². The molecule has 2 N–H and O–H groups in total. The van der Waals surface area contributed by atoms with E-state index in [9.17, 15) is 0 Å². The fourth-order valence-corrected chi connectivity index (χ4v) is 1.07. The molecule has 1 aromatic carbocycles. The summed E-state index contributed by atoms with van der Waals surface area (Å²) in [4.78, 5) is 0. The van der Waals surface area contributed by atoms with Crippen molar-refractivity contribution in [3.05, 3.63) is 29.3 Å². The van der Waals surface area contributed by atoms with Crippen molar-refractivity contribution in [3.8, 4) is 5.75 Å². The second-order valence-electron chi connectivity index (χ2n) is 2.84. The normalized spacial score (nSPS) is 23.9. The quantitative estimate of drug-likeness (QED) is 0.782. The highest BCUT2D eigenvalue weighted by molar-refractivity contribution is 5.39. The first-order valence-electron chi connectivity index (χ1n) is 6.94. The van der Waals surface area contributed by atoms with Crippen molar-refractivity contribution < 1.29 is 13.0 Å². The first-order chi connectivity index (χ1) is 8.40. The van der Waals surface area contributed by atoms with E-state index < -0.39 is 19.4 Å². The van der Waals surface area contributed by atoms with E-state index >= 15 is 0 Å². The van der Waals surface area contributed by atoms with Crippen molar-refractivity contribution in [1.82, 2.24) is 0 Å². The Bertz CT molecular complexity index is 448. The lowest BCUT2D eigenvalue weighted by Crippen LogP contribution is -2.24. The summed E-state index contributed by atoms with van der Waals surface area (Å²) in [6.45, 7) is -2.45. The average molecular weight is 185 g/mol. The lowest BCUT2D eigenvalue weighted by molar-refractivity contribution is 0.292. The van der Waals surface area contributed by atoms with E-state index in [0.717, 1.165) is 0 Å². The molecular formula is C11H17NO. The van der Waals surface area contributed by atoms with Gasteiger partial charge in [-0.25, -0.2) is 0 Å². The van der Waals surface area contributed by atoms with Crippen LogP contribution in [-0.2, 0) is 0 Å². The Hall–Kier alpha value is -1.02. The van der Waals surface area contributed by atoms with Crippen LogP contribution in [0.5, 0.6) is 5.75 Å². The molecule has 0 aromatic heterocycles. The molecule has 72 valence electrons. The highest BCUT2D eigenvalue weighted by Crippen LogP contribution is 2.22. The molecule has 2 heteroatoms. The van der Waals surface area contributed by atoms with E-state index in [0.29, 0.717) is 11.1 Å². The maximum absolute atomic E-state index is 7.69. The van der Waals surface area contributed by atoms with Crippen LogP contribution < -0.4 is 10.5 Å². The molecule has 0 amide bonds. The smallest absolute Gasteiger partial charge is 0.125 e. The van der Waals surface area contributed by atoms with Gasteiger partial charge in [-0.1, -0.05) is 18.2 Å². The van der Waals surface area contributed by atoms with Crippen LogP contribution in [0.25, 0.3) is 0 Å². The third kappa shape index (κ3) is 2.74. The molecule has 0 heterocycles. The molecule has 0 spiro atoms. The minimum atomic E-state index is -3.01. The SMILES string of the molecule is [2H]C([2H])([2H])C([2H])(N)C([2H])([2H])Oc1c(C)cccc1C. The van der Waals surface area contributed by atoms with Gasteiger partial charge in [-0.3, -0.25) is 0 Å². The van der Waals surface area contributed by atoms with Crippen LogP contribution in [0, 0.1) is 13.8 Å². The molecule has 1 aromatic rings. The highest BCUT2D eigenvalue weighted by atomic mass is 16.5. The lowest BCUT2D eigenvalue weighted by atomic mass is 10.1. The van der Waals surface area contributed by atoms with Crippen LogP contribution in [-0.4, -0.2) is 12.6 Å². The average Bonchev–Trinajstić information content (AvgIpc) is 2.22. The zero-order valence-electron chi connectivity index (χ0n) is 13.7. The topological polar surface area (TPSA) is 35.2 Å². The van der Waals surface area contributed by atoms with Crippen LogP contribution in [0.1, 0.15) is 26.2 Å². The molecule has 1 rings (SSSR count). The molecule has 0 saturated heterocycles. The summed E-state index contributed by atoms with van der Waals surface area (Å²) in [5, 5.41) is 0. The number of rotatable bonds is 3. The molecule has 1 atom stereocenters. The zero-order chi connectivity index (χ0) is 15.1. The fourth-order valence-electron chi connectivity index (χ4n) is 1.07. The predicted molar refractivity (Wildman–Crippen MR) is 55.1 cm³/mol. The molecule has 1 unspecified atom stereocenters. The summed E-state index contributed by atoms with van der Waals surface area (Å²) < 4.78 is 49.6. The van der Waals surface area contributed by atoms with Crippen molar-refractivity contribution in [1.29, 1.82) is 0 Å². The summed E-state index contributed by atoms with van der Waals surface area (Å²) >= 11 is 0. The number of ether oxygens (including phenoxy) is 1. The summed E-state index contributed by atoms with van der Waals surface area (Å²) in [7, 11) is 0. The molecule has 0 aliphatic carbocycles. The van der Waals surface area contributed by atoms with Gasteiger partial charge >= 0.3 is 0 Å². The summed E-state index contributed by atoms with van der Waals surface area (Å²) in [6, 6.07) is 2.31. The maximum atomic E-state index is 7.69. The van der Waals surface area contributed by atoms with Gasteiger partial charge in [0.1, 0.15) is 12.3 Å². The first-order valence-corrected chi connectivity index (χ1v) is 3.94. The predicted octanol–water partition coefficient (Wildman–Crippen LogP) is 2.03. The first kappa shape index (κ1) is 4.47. The zero-order valence-corrected chi connectivity index (χ0v) is 7.72. The second-order valence-corrected chi connectivity index (χ2v) is 2.84. The Morgan fingerprint density at radius 3 is 2.77 bits per heavy atom.